The lowest BCUT2D eigenvalue weighted by Crippen LogP contribution is -2.22. The van der Waals surface area contributed by atoms with E-state index in [-0.39, 0.29) is 6.10 Å². The van der Waals surface area contributed by atoms with Crippen molar-refractivity contribution in [1.82, 2.24) is 0 Å². The van der Waals surface area contributed by atoms with Crippen LogP contribution in [0.5, 0.6) is 0 Å². The summed E-state index contributed by atoms with van der Waals surface area (Å²) in [6.45, 7) is 0.869. The zero-order valence-electron chi connectivity index (χ0n) is 9.84. The number of carboxylic acid groups (broad SMARTS) is 1. The highest BCUT2D eigenvalue weighted by atomic mass is 35.5. The summed E-state index contributed by atoms with van der Waals surface area (Å²) in [5.74, 6) is -0.896. The van der Waals surface area contributed by atoms with Crippen LogP contribution < -0.4 is 0 Å². The minimum atomic E-state index is -0.896. The van der Waals surface area contributed by atoms with Crippen molar-refractivity contribution in [3.8, 4) is 0 Å². The first-order chi connectivity index (χ1) is 8.65. The Kier molecular flexibility index (Phi) is 4.58. The van der Waals surface area contributed by atoms with Crippen LogP contribution in [0.3, 0.4) is 0 Å². The van der Waals surface area contributed by atoms with Gasteiger partial charge in [-0.1, -0.05) is 23.7 Å². The van der Waals surface area contributed by atoms with Crippen LogP contribution in [0.2, 0.25) is 5.02 Å². The van der Waals surface area contributed by atoms with E-state index in [1.165, 1.54) is 0 Å². The second kappa shape index (κ2) is 6.18. The van der Waals surface area contributed by atoms with Gasteiger partial charge in [0, 0.05) is 5.02 Å². The van der Waals surface area contributed by atoms with Gasteiger partial charge < -0.3 is 14.6 Å². The maximum absolute atomic E-state index is 10.7. The van der Waals surface area contributed by atoms with Gasteiger partial charge in [0.05, 0.1) is 19.3 Å². The van der Waals surface area contributed by atoms with Gasteiger partial charge in [0.2, 0.25) is 0 Å². The molecule has 2 unspecified atom stereocenters. The van der Waals surface area contributed by atoms with Crippen molar-refractivity contribution in [2.24, 2.45) is 0 Å². The molecular formula is C13H15ClO4. The fourth-order valence-corrected chi connectivity index (χ4v) is 2.16. The van der Waals surface area contributed by atoms with Crippen LogP contribution in [0.15, 0.2) is 24.3 Å². The summed E-state index contributed by atoms with van der Waals surface area (Å²) in [5, 5.41) is 9.46. The summed E-state index contributed by atoms with van der Waals surface area (Å²) >= 11 is 5.86. The van der Waals surface area contributed by atoms with Gasteiger partial charge in [-0.05, 0) is 30.5 Å². The molecule has 18 heavy (non-hydrogen) atoms. The number of hydrogen-bond acceptors (Lipinski definition) is 3. The van der Waals surface area contributed by atoms with Crippen LogP contribution in [0.4, 0.5) is 0 Å². The molecule has 1 aromatic rings. The zero-order valence-corrected chi connectivity index (χ0v) is 10.6. The molecule has 4 nitrogen and oxygen atoms in total. The summed E-state index contributed by atoms with van der Waals surface area (Å²) in [6, 6.07) is 7.45. The van der Waals surface area contributed by atoms with E-state index < -0.39 is 12.1 Å². The molecule has 1 heterocycles. The fourth-order valence-electron chi connectivity index (χ4n) is 1.94. The highest BCUT2D eigenvalue weighted by Crippen LogP contribution is 2.20. The largest absolute Gasteiger partial charge is 0.479 e. The maximum atomic E-state index is 10.7. The highest BCUT2D eigenvalue weighted by molar-refractivity contribution is 6.30. The SMILES string of the molecule is O=C(O)C1CCC(COCc2cccc(Cl)c2)O1. The molecule has 0 radical (unpaired) electrons. The molecule has 1 aliphatic rings. The number of benzene rings is 1. The van der Waals surface area contributed by atoms with Gasteiger partial charge in [-0.15, -0.1) is 0 Å². The molecule has 0 spiro atoms. The van der Waals surface area contributed by atoms with Crippen LogP contribution in [0.25, 0.3) is 0 Å². The first kappa shape index (κ1) is 13.3. The van der Waals surface area contributed by atoms with Gasteiger partial charge in [-0.3, -0.25) is 0 Å². The lowest BCUT2D eigenvalue weighted by molar-refractivity contribution is -0.150. The Bertz CT molecular complexity index is 421. The fraction of sp³-hybridized carbons (Fsp3) is 0.462. The maximum Gasteiger partial charge on any atom is 0.332 e. The third kappa shape index (κ3) is 3.70. The average molecular weight is 271 g/mol. The Morgan fingerprint density at radius 2 is 2.33 bits per heavy atom. The van der Waals surface area contributed by atoms with E-state index in [0.29, 0.717) is 24.7 Å². The van der Waals surface area contributed by atoms with Crippen molar-refractivity contribution >= 4 is 17.6 Å². The Hall–Kier alpha value is -1.10. The Morgan fingerprint density at radius 1 is 1.50 bits per heavy atom. The molecule has 2 rings (SSSR count). The highest BCUT2D eigenvalue weighted by Gasteiger charge is 2.30. The summed E-state index contributed by atoms with van der Waals surface area (Å²) in [4.78, 5) is 10.7. The molecule has 5 heteroatoms. The van der Waals surface area contributed by atoms with E-state index in [2.05, 4.69) is 0 Å². The van der Waals surface area contributed by atoms with Crippen molar-refractivity contribution in [3.05, 3.63) is 34.9 Å². The van der Waals surface area contributed by atoms with Crippen LogP contribution in [0, 0.1) is 0 Å². The topological polar surface area (TPSA) is 55.8 Å². The Labute approximate surface area is 110 Å². The van der Waals surface area contributed by atoms with E-state index in [0.717, 1.165) is 12.0 Å². The second-order valence-electron chi connectivity index (χ2n) is 4.31. The quantitative estimate of drug-likeness (QED) is 0.893. The van der Waals surface area contributed by atoms with Crippen LogP contribution in [-0.4, -0.2) is 29.9 Å². The minimum absolute atomic E-state index is 0.120. The molecule has 1 saturated heterocycles. The third-order valence-electron chi connectivity index (χ3n) is 2.84. The van der Waals surface area contributed by atoms with E-state index in [4.69, 9.17) is 26.2 Å². The molecule has 1 fully saturated rings. The van der Waals surface area contributed by atoms with E-state index in [9.17, 15) is 4.79 Å². The van der Waals surface area contributed by atoms with Gasteiger partial charge in [0.15, 0.2) is 6.10 Å². The average Bonchev–Trinajstić information content (AvgIpc) is 2.78. The molecule has 0 bridgehead atoms. The number of halogens is 1. The van der Waals surface area contributed by atoms with Gasteiger partial charge >= 0.3 is 5.97 Å². The molecule has 0 aromatic heterocycles. The van der Waals surface area contributed by atoms with Gasteiger partial charge in [0.25, 0.3) is 0 Å². The lowest BCUT2D eigenvalue weighted by Gasteiger charge is -2.11. The summed E-state index contributed by atoms with van der Waals surface area (Å²) in [6.07, 6.45) is 0.489. The smallest absolute Gasteiger partial charge is 0.332 e. The predicted octanol–water partition coefficient (Wildman–Crippen LogP) is 2.49. The molecule has 1 N–H and O–H groups in total. The number of ether oxygens (including phenoxy) is 2. The molecule has 1 aliphatic heterocycles. The van der Waals surface area contributed by atoms with Crippen molar-refractivity contribution in [2.75, 3.05) is 6.61 Å². The van der Waals surface area contributed by atoms with Crippen LogP contribution in [-0.2, 0) is 20.9 Å². The van der Waals surface area contributed by atoms with Crippen molar-refractivity contribution in [3.63, 3.8) is 0 Å². The molecule has 98 valence electrons. The molecule has 2 atom stereocenters. The van der Waals surface area contributed by atoms with Gasteiger partial charge in [0.1, 0.15) is 0 Å². The minimum Gasteiger partial charge on any atom is -0.479 e. The molecular weight excluding hydrogens is 256 g/mol. The molecule has 0 aliphatic carbocycles. The van der Waals surface area contributed by atoms with Crippen LogP contribution in [0.1, 0.15) is 18.4 Å². The first-order valence-corrected chi connectivity index (χ1v) is 6.23. The van der Waals surface area contributed by atoms with Gasteiger partial charge in [-0.2, -0.15) is 0 Å². The Morgan fingerprint density at radius 3 is 3.00 bits per heavy atom. The summed E-state index contributed by atoms with van der Waals surface area (Å²) in [7, 11) is 0. The summed E-state index contributed by atoms with van der Waals surface area (Å²) < 4.78 is 10.8. The number of hydrogen-bond donors (Lipinski definition) is 1. The predicted molar refractivity (Wildman–Crippen MR) is 66.6 cm³/mol. The number of carbonyl (C=O) groups is 1. The monoisotopic (exact) mass is 270 g/mol. The third-order valence-corrected chi connectivity index (χ3v) is 3.08. The van der Waals surface area contributed by atoms with Gasteiger partial charge in [-0.25, -0.2) is 4.79 Å². The van der Waals surface area contributed by atoms with Crippen molar-refractivity contribution in [2.45, 2.75) is 31.7 Å². The van der Waals surface area contributed by atoms with E-state index in [1.807, 2.05) is 24.3 Å². The number of rotatable bonds is 5. The van der Waals surface area contributed by atoms with E-state index in [1.54, 1.807) is 0 Å². The number of carboxylic acids is 1. The molecule has 0 saturated carbocycles. The standard InChI is InChI=1S/C13H15ClO4/c14-10-3-1-2-9(6-10)7-17-8-11-4-5-12(18-11)13(15)16/h1-3,6,11-12H,4-5,7-8H2,(H,15,16). The van der Waals surface area contributed by atoms with Crippen molar-refractivity contribution < 1.29 is 19.4 Å². The summed E-state index contributed by atoms with van der Waals surface area (Å²) in [5.41, 5.74) is 0.996. The molecule has 1 aromatic carbocycles. The second-order valence-corrected chi connectivity index (χ2v) is 4.74. The number of aliphatic carboxylic acids is 1. The van der Waals surface area contributed by atoms with Crippen LogP contribution >= 0.6 is 11.6 Å². The Balaban J connectivity index is 1.72. The normalized spacial score (nSPS) is 23.2. The van der Waals surface area contributed by atoms with E-state index >= 15 is 0 Å². The first-order valence-electron chi connectivity index (χ1n) is 5.85. The zero-order chi connectivity index (χ0) is 13.0. The van der Waals surface area contributed by atoms with Crippen molar-refractivity contribution in [1.29, 1.82) is 0 Å². The molecule has 0 amide bonds. The lowest BCUT2D eigenvalue weighted by atomic mass is 10.2.